The van der Waals surface area contributed by atoms with Crippen LogP contribution in [0.25, 0.3) is 17.0 Å². The Kier molecular flexibility index (Phi) is 6.55. The maximum atomic E-state index is 13.2. The van der Waals surface area contributed by atoms with E-state index in [9.17, 15) is 4.79 Å². The number of allylic oxidation sites excluding steroid dienone is 1. The van der Waals surface area contributed by atoms with Gasteiger partial charge in [-0.1, -0.05) is 48.5 Å². The van der Waals surface area contributed by atoms with Crippen LogP contribution in [0.2, 0.25) is 0 Å². The van der Waals surface area contributed by atoms with Crippen molar-refractivity contribution in [1.29, 1.82) is 0 Å². The van der Waals surface area contributed by atoms with E-state index in [2.05, 4.69) is 29.5 Å². The second-order valence-corrected chi connectivity index (χ2v) is 8.88. The first kappa shape index (κ1) is 23.1. The first-order valence-electron chi connectivity index (χ1n) is 12.0. The molecular formula is C27H30N4O4. The number of ether oxygens (including phenoxy) is 2. The fraction of sp³-hybridized carbons (Fsp3) is 0.370. The molecule has 5 rings (SSSR count). The third-order valence-electron chi connectivity index (χ3n) is 6.71. The molecule has 0 aliphatic carbocycles. The van der Waals surface area contributed by atoms with Gasteiger partial charge in [0, 0.05) is 17.9 Å². The van der Waals surface area contributed by atoms with Gasteiger partial charge in [0.1, 0.15) is 5.75 Å². The number of nitrogens with one attached hydrogen (secondary N) is 1. The van der Waals surface area contributed by atoms with Crippen LogP contribution < -0.4 is 10.1 Å². The highest BCUT2D eigenvalue weighted by atomic mass is 16.5. The number of amides is 2. The summed E-state index contributed by atoms with van der Waals surface area (Å²) < 4.78 is 16.9. The minimum absolute atomic E-state index is 0.0207. The average Bonchev–Trinajstić information content (AvgIpc) is 3.59. The Morgan fingerprint density at radius 3 is 2.74 bits per heavy atom. The summed E-state index contributed by atoms with van der Waals surface area (Å²) in [7, 11) is 1.62. The second kappa shape index (κ2) is 9.92. The largest absolute Gasteiger partial charge is 0.497 e. The molecule has 3 aromatic rings. The number of hydrogen-bond donors (Lipinski definition) is 1. The maximum absolute atomic E-state index is 13.2. The van der Waals surface area contributed by atoms with Gasteiger partial charge in [0.05, 0.1) is 31.4 Å². The molecular weight excluding hydrogens is 444 g/mol. The lowest BCUT2D eigenvalue weighted by atomic mass is 9.93. The highest BCUT2D eigenvalue weighted by Gasteiger charge is 2.37. The van der Waals surface area contributed by atoms with Crippen LogP contribution >= 0.6 is 0 Å². The van der Waals surface area contributed by atoms with Gasteiger partial charge in [0.15, 0.2) is 0 Å². The number of carbonyl (C=O) groups is 1. The molecule has 8 nitrogen and oxygen atoms in total. The van der Waals surface area contributed by atoms with Gasteiger partial charge in [-0.25, -0.2) is 4.79 Å². The van der Waals surface area contributed by atoms with Crippen molar-refractivity contribution in [2.45, 2.75) is 45.3 Å². The van der Waals surface area contributed by atoms with E-state index in [1.165, 1.54) is 5.56 Å². The highest BCUT2D eigenvalue weighted by molar-refractivity contribution is 5.87. The molecule has 1 N–H and O–H groups in total. The topological polar surface area (TPSA) is 89.7 Å². The zero-order valence-corrected chi connectivity index (χ0v) is 20.3. The number of methoxy groups -OCH3 is 1. The minimum atomic E-state index is -0.409. The van der Waals surface area contributed by atoms with Gasteiger partial charge in [-0.15, -0.1) is 0 Å². The molecule has 0 saturated carbocycles. The van der Waals surface area contributed by atoms with Crippen molar-refractivity contribution in [3.63, 3.8) is 0 Å². The Bertz CT molecular complexity index is 1230. The van der Waals surface area contributed by atoms with Crippen molar-refractivity contribution in [2.24, 2.45) is 0 Å². The number of nitrogens with zero attached hydrogens (tertiary/aromatic N) is 3. The third-order valence-corrected chi connectivity index (χ3v) is 6.71. The van der Waals surface area contributed by atoms with E-state index in [1.54, 1.807) is 12.0 Å². The van der Waals surface area contributed by atoms with Crippen molar-refractivity contribution in [1.82, 2.24) is 20.4 Å². The molecule has 0 radical (unpaired) electrons. The number of aryl methyl sites for hydroxylation is 1. The summed E-state index contributed by atoms with van der Waals surface area (Å²) in [6.07, 6.45) is 2.92. The number of aromatic nitrogens is 2. The first-order chi connectivity index (χ1) is 17.1. The number of hydrogen-bond acceptors (Lipinski definition) is 6. The van der Waals surface area contributed by atoms with Gasteiger partial charge in [-0.3, -0.25) is 4.90 Å². The van der Waals surface area contributed by atoms with Crippen LogP contribution in [0.1, 0.15) is 49.7 Å². The molecule has 8 heteroatoms. The zero-order valence-electron chi connectivity index (χ0n) is 20.3. The van der Waals surface area contributed by atoms with Crippen molar-refractivity contribution in [3.8, 4) is 17.1 Å². The predicted molar refractivity (Wildman–Crippen MR) is 132 cm³/mol. The summed E-state index contributed by atoms with van der Waals surface area (Å²) in [5.41, 5.74) is 4.56. The van der Waals surface area contributed by atoms with Crippen LogP contribution in [0.15, 0.2) is 58.8 Å². The first-order valence-corrected chi connectivity index (χ1v) is 12.0. The molecule has 1 fully saturated rings. The fourth-order valence-electron chi connectivity index (χ4n) is 4.68. The SMILES string of the molecule is CCc1ccc(C2NC(=O)N(CC3CCCO3)C(C)=C2c2nc(-c3cccc(OC)c3)no2)cc1. The quantitative estimate of drug-likeness (QED) is 0.519. The standard InChI is InChI=1S/C27H30N4O4/c1-4-18-10-12-19(13-11-18)24-23(17(2)31(27(32)28-24)16-22-9-6-14-34-22)26-29-25(30-35-26)20-7-5-8-21(15-20)33-3/h5,7-8,10-13,15,22,24H,4,6,9,14,16H2,1-3H3,(H,28,32). The van der Waals surface area contributed by atoms with E-state index in [-0.39, 0.29) is 12.1 Å². The molecule has 2 unspecified atom stereocenters. The summed E-state index contributed by atoms with van der Waals surface area (Å²) in [6, 6.07) is 15.2. The Labute approximate surface area is 204 Å². The van der Waals surface area contributed by atoms with Crippen molar-refractivity contribution in [3.05, 3.63) is 71.2 Å². The normalized spacial score (nSPS) is 20.3. The lowest BCUT2D eigenvalue weighted by Crippen LogP contribution is -2.48. The molecule has 2 atom stereocenters. The summed E-state index contributed by atoms with van der Waals surface area (Å²) in [5.74, 6) is 1.55. The molecule has 2 aliphatic rings. The van der Waals surface area contributed by atoms with Gasteiger partial charge < -0.3 is 19.3 Å². The monoisotopic (exact) mass is 474 g/mol. The van der Waals surface area contributed by atoms with E-state index in [0.29, 0.717) is 24.0 Å². The third kappa shape index (κ3) is 4.66. The lowest BCUT2D eigenvalue weighted by molar-refractivity contribution is 0.0877. The summed E-state index contributed by atoms with van der Waals surface area (Å²) in [5, 5.41) is 7.41. The van der Waals surface area contributed by atoms with Gasteiger partial charge in [-0.2, -0.15) is 4.98 Å². The Morgan fingerprint density at radius 1 is 1.20 bits per heavy atom. The molecule has 2 amide bonds. The molecule has 1 aromatic heterocycles. The predicted octanol–water partition coefficient (Wildman–Crippen LogP) is 4.98. The average molecular weight is 475 g/mol. The Morgan fingerprint density at radius 2 is 2.03 bits per heavy atom. The van der Waals surface area contributed by atoms with Gasteiger partial charge in [0.2, 0.25) is 5.82 Å². The van der Waals surface area contributed by atoms with E-state index >= 15 is 0 Å². The van der Waals surface area contributed by atoms with E-state index in [4.69, 9.17) is 19.0 Å². The second-order valence-electron chi connectivity index (χ2n) is 8.88. The molecule has 1 saturated heterocycles. The zero-order chi connectivity index (χ0) is 24.4. The number of benzene rings is 2. The lowest BCUT2D eigenvalue weighted by Gasteiger charge is -2.36. The smallest absolute Gasteiger partial charge is 0.322 e. The van der Waals surface area contributed by atoms with E-state index < -0.39 is 6.04 Å². The van der Waals surface area contributed by atoms with Crippen molar-refractivity contribution < 1.29 is 18.8 Å². The van der Waals surface area contributed by atoms with Crippen LogP contribution in [0.5, 0.6) is 5.75 Å². The summed E-state index contributed by atoms with van der Waals surface area (Å²) >= 11 is 0. The van der Waals surface area contributed by atoms with Crippen LogP contribution in [-0.4, -0.2) is 47.4 Å². The number of rotatable bonds is 7. The number of carbonyl (C=O) groups excluding carboxylic acids is 1. The molecule has 2 aliphatic heterocycles. The molecule has 2 aromatic carbocycles. The van der Waals surface area contributed by atoms with Crippen LogP contribution in [0.3, 0.4) is 0 Å². The fourth-order valence-corrected chi connectivity index (χ4v) is 4.68. The van der Waals surface area contributed by atoms with Gasteiger partial charge in [0.25, 0.3) is 5.89 Å². The van der Waals surface area contributed by atoms with Crippen molar-refractivity contribution in [2.75, 3.05) is 20.3 Å². The molecule has 0 spiro atoms. The van der Waals surface area contributed by atoms with E-state index in [1.807, 2.05) is 43.3 Å². The molecule has 182 valence electrons. The summed E-state index contributed by atoms with van der Waals surface area (Å²) in [4.78, 5) is 19.7. The highest BCUT2D eigenvalue weighted by Crippen LogP contribution is 2.38. The molecule has 0 bridgehead atoms. The number of urea groups is 1. The Balaban J connectivity index is 1.56. The van der Waals surface area contributed by atoms with Crippen LogP contribution in [0, 0.1) is 0 Å². The molecule has 3 heterocycles. The van der Waals surface area contributed by atoms with Gasteiger partial charge in [-0.05, 0) is 49.4 Å². The molecule has 35 heavy (non-hydrogen) atoms. The van der Waals surface area contributed by atoms with Crippen LogP contribution in [-0.2, 0) is 11.2 Å². The maximum Gasteiger partial charge on any atom is 0.322 e. The Hall–Kier alpha value is -3.65. The van der Waals surface area contributed by atoms with Gasteiger partial charge >= 0.3 is 6.03 Å². The minimum Gasteiger partial charge on any atom is -0.497 e. The van der Waals surface area contributed by atoms with Crippen LogP contribution in [0.4, 0.5) is 4.79 Å². The summed E-state index contributed by atoms with van der Waals surface area (Å²) in [6.45, 7) is 5.27. The van der Waals surface area contributed by atoms with Crippen molar-refractivity contribution >= 4 is 11.6 Å². The van der Waals surface area contributed by atoms with E-state index in [0.717, 1.165) is 48.3 Å².